The number of hydrogen-bond donors (Lipinski definition) is 2. The van der Waals surface area contributed by atoms with Crippen molar-refractivity contribution in [3.05, 3.63) is 125 Å². The third kappa shape index (κ3) is 5.29. The smallest absolute Gasteiger partial charge is 0.393 e. The Balaban J connectivity index is 1.15. The molecule has 6 nitrogen and oxygen atoms in total. The number of hydrogen-bond acceptors (Lipinski definition) is 6. The average Bonchev–Trinajstić information content (AvgIpc) is 3.81. The number of aliphatic hydroxyl groups is 2. The number of rotatable bonds is 8. The first-order chi connectivity index (χ1) is 26.5. The highest BCUT2D eigenvalue weighted by Gasteiger charge is 2.74. The molecule has 0 radical (unpaired) electrons. The topological polar surface area (TPSA) is 94.9 Å². The van der Waals surface area contributed by atoms with E-state index >= 15 is 0 Å². The molecule has 0 aliphatic heterocycles. The Labute approximate surface area is 329 Å². The fourth-order valence-corrected chi connectivity index (χ4v) is 14.9. The molecule has 294 valence electrons. The number of Topliss-reactive ketones (excluding diaryl/α,β-unsaturated/α-hetero) is 1. The number of alkyl halides is 3. The van der Waals surface area contributed by atoms with E-state index < -0.39 is 55.5 Å². The zero-order chi connectivity index (χ0) is 39.5. The lowest BCUT2D eigenvalue weighted by molar-refractivity contribution is -0.173. The van der Waals surface area contributed by atoms with Crippen molar-refractivity contribution in [1.29, 1.82) is 0 Å². The molecule has 4 aromatic rings. The second kappa shape index (κ2) is 12.7. The van der Waals surface area contributed by atoms with E-state index in [0.29, 0.717) is 37.7 Å². The van der Waals surface area contributed by atoms with Crippen LogP contribution in [0.2, 0.25) is 0 Å². The van der Waals surface area contributed by atoms with Gasteiger partial charge in [0.1, 0.15) is 4.21 Å². The number of sulfonamides is 1. The first-order valence-corrected chi connectivity index (χ1v) is 21.9. The predicted molar refractivity (Wildman–Crippen MR) is 210 cm³/mol. The zero-order valence-electron chi connectivity index (χ0n) is 31.4. The first-order valence-electron chi connectivity index (χ1n) is 19.5. The Kier molecular flexibility index (Phi) is 8.60. The highest BCUT2D eigenvalue weighted by Crippen LogP contribution is 2.78. The predicted octanol–water partition coefficient (Wildman–Crippen LogP) is 9.58. The van der Waals surface area contributed by atoms with Crippen molar-refractivity contribution >= 4 is 37.9 Å². The molecule has 8 atom stereocenters. The average molecular weight is 802 g/mol. The summed E-state index contributed by atoms with van der Waals surface area (Å²) in [5.74, 6) is -0.865. The van der Waals surface area contributed by atoms with Gasteiger partial charge in [-0.05, 0) is 102 Å². The molecular formula is C45H46F3NO5S2. The normalized spacial score (nSPS) is 34.9. The van der Waals surface area contributed by atoms with Crippen LogP contribution in [0.1, 0.15) is 80.3 Å². The summed E-state index contributed by atoms with van der Waals surface area (Å²) in [6.07, 6.45) is 4.76. The fraction of sp³-hybridized carbons (Fsp3) is 0.444. The van der Waals surface area contributed by atoms with Gasteiger partial charge in [-0.1, -0.05) is 92.7 Å². The van der Waals surface area contributed by atoms with Crippen molar-refractivity contribution in [1.82, 2.24) is 4.31 Å². The summed E-state index contributed by atoms with van der Waals surface area (Å²) in [7, 11) is -4.06. The molecule has 1 aromatic heterocycles. The summed E-state index contributed by atoms with van der Waals surface area (Å²) in [6, 6.07) is 21.5. The van der Waals surface area contributed by atoms with Crippen LogP contribution in [0.3, 0.4) is 0 Å². The Morgan fingerprint density at radius 2 is 1.61 bits per heavy atom. The lowest BCUT2D eigenvalue weighted by Gasteiger charge is -2.71. The van der Waals surface area contributed by atoms with Crippen LogP contribution >= 0.6 is 11.3 Å². The molecule has 0 saturated heterocycles. The second-order valence-corrected chi connectivity index (χ2v) is 20.7. The van der Waals surface area contributed by atoms with Gasteiger partial charge in [-0.25, -0.2) is 8.42 Å². The standard InChI is InChI=1S/C45H46F3NO5S2/c1-40-18-15-33(50)25-42(40)21-22-44(35(26-42)39(51)30-10-6-12-32(24-30)45(46,47)48)36(40)16-19-41(2)37(44)17-20-43(41,52)28-49(56(53,54)38-14-7-23-55-38)27-31-11-5-9-29-8-3-4-13-34(29)31/h3-14,21-24,26,33,36-37,50,52H,15-20,25,27-28H2,1-2H3/t33?,36-,37-,40-,41+,42+,43-,44-/m1/s1. The maximum Gasteiger partial charge on any atom is 0.416 e. The molecule has 3 fully saturated rings. The zero-order valence-corrected chi connectivity index (χ0v) is 33.1. The molecule has 0 amide bonds. The molecule has 1 heterocycles. The van der Waals surface area contributed by atoms with E-state index in [2.05, 4.69) is 19.1 Å². The lowest BCUT2D eigenvalue weighted by Crippen LogP contribution is -2.67. The van der Waals surface area contributed by atoms with E-state index in [4.69, 9.17) is 0 Å². The van der Waals surface area contributed by atoms with E-state index in [1.54, 1.807) is 17.5 Å². The molecule has 2 bridgehead atoms. The van der Waals surface area contributed by atoms with Crippen molar-refractivity contribution in [3.63, 3.8) is 0 Å². The third-order valence-electron chi connectivity index (χ3n) is 15.2. The molecule has 3 saturated carbocycles. The van der Waals surface area contributed by atoms with Gasteiger partial charge in [0.05, 0.1) is 17.3 Å². The monoisotopic (exact) mass is 801 g/mol. The number of thiophene rings is 1. The highest BCUT2D eigenvalue weighted by atomic mass is 32.2. The van der Waals surface area contributed by atoms with Crippen molar-refractivity contribution < 1.29 is 36.6 Å². The number of ketones is 1. The number of aliphatic hydroxyl groups excluding tert-OH is 1. The minimum absolute atomic E-state index is 0.0421. The second-order valence-electron chi connectivity index (χ2n) is 17.6. The number of nitrogens with zero attached hydrogens (tertiary/aromatic N) is 1. The molecule has 3 aromatic carbocycles. The fourth-order valence-electron chi connectivity index (χ4n) is 12.3. The van der Waals surface area contributed by atoms with Gasteiger partial charge in [0.2, 0.25) is 0 Å². The summed E-state index contributed by atoms with van der Waals surface area (Å²) in [5.41, 5.74) is -3.97. The molecule has 1 unspecified atom stereocenters. The molecule has 2 N–H and O–H groups in total. The van der Waals surface area contributed by atoms with Crippen LogP contribution in [0.4, 0.5) is 13.2 Å². The van der Waals surface area contributed by atoms with Crippen LogP contribution in [-0.4, -0.2) is 47.0 Å². The van der Waals surface area contributed by atoms with Gasteiger partial charge >= 0.3 is 6.18 Å². The van der Waals surface area contributed by atoms with Crippen LogP contribution in [0.5, 0.6) is 0 Å². The maximum absolute atomic E-state index is 14.9. The van der Waals surface area contributed by atoms with Gasteiger partial charge in [-0.15, -0.1) is 11.3 Å². The summed E-state index contributed by atoms with van der Waals surface area (Å²) in [5, 5.41) is 27.8. The van der Waals surface area contributed by atoms with Crippen LogP contribution in [0.25, 0.3) is 10.8 Å². The SMILES string of the molecule is C[C@]12CC[C@H]3[C@]4(C=C[C@@]5(C=C4C(=O)c4cccc(C(F)(F)F)c4)CC(O)CC[C@]35C)[C@@H]1CC[C@@]2(O)CN(Cc1cccc2ccccc12)S(=O)(=O)c1cccs1. The van der Waals surface area contributed by atoms with Gasteiger partial charge in [0.15, 0.2) is 5.78 Å². The third-order valence-corrected chi connectivity index (χ3v) is 18.3. The summed E-state index contributed by atoms with van der Waals surface area (Å²) < 4.78 is 72.6. The summed E-state index contributed by atoms with van der Waals surface area (Å²) in [6.45, 7) is 4.16. The van der Waals surface area contributed by atoms with Crippen LogP contribution in [0, 0.1) is 33.5 Å². The van der Waals surface area contributed by atoms with Gasteiger partial charge in [0, 0.05) is 40.5 Å². The number of carbonyl (C=O) groups excluding carboxylic acids is 1. The van der Waals surface area contributed by atoms with Crippen LogP contribution < -0.4 is 0 Å². The minimum Gasteiger partial charge on any atom is -0.393 e. The lowest BCUT2D eigenvalue weighted by atomic mass is 9.32. The molecular weight excluding hydrogens is 756 g/mol. The molecule has 56 heavy (non-hydrogen) atoms. The van der Waals surface area contributed by atoms with Gasteiger partial charge in [0.25, 0.3) is 10.0 Å². The van der Waals surface area contributed by atoms with Crippen molar-refractivity contribution in [2.45, 2.75) is 87.4 Å². The van der Waals surface area contributed by atoms with E-state index in [-0.39, 0.29) is 46.5 Å². The van der Waals surface area contributed by atoms with Crippen molar-refractivity contribution in [3.8, 4) is 0 Å². The molecule has 6 aliphatic rings. The number of benzene rings is 3. The van der Waals surface area contributed by atoms with Crippen molar-refractivity contribution in [2.24, 2.45) is 33.5 Å². The van der Waals surface area contributed by atoms with E-state index in [1.807, 2.05) is 55.5 Å². The van der Waals surface area contributed by atoms with Crippen LogP contribution in [0.15, 0.2) is 112 Å². The van der Waals surface area contributed by atoms with Gasteiger partial charge in [-0.2, -0.15) is 17.5 Å². The largest absolute Gasteiger partial charge is 0.416 e. The quantitative estimate of drug-likeness (QED) is 0.137. The first kappa shape index (κ1) is 37.9. The molecule has 6 aliphatic carbocycles. The Hall–Kier alpha value is -3.61. The Morgan fingerprint density at radius 3 is 2.38 bits per heavy atom. The minimum atomic E-state index is -4.63. The number of allylic oxidation sites excluding steroid dienone is 4. The Bertz CT molecular complexity index is 2410. The molecule has 2 spiro atoms. The number of fused-ring (bicyclic) bond motifs is 2. The highest BCUT2D eigenvalue weighted by molar-refractivity contribution is 7.91. The summed E-state index contributed by atoms with van der Waals surface area (Å²) >= 11 is 1.13. The van der Waals surface area contributed by atoms with E-state index in [0.717, 1.165) is 46.2 Å². The van der Waals surface area contributed by atoms with E-state index in [1.165, 1.54) is 16.4 Å². The van der Waals surface area contributed by atoms with Crippen molar-refractivity contribution in [2.75, 3.05) is 6.54 Å². The van der Waals surface area contributed by atoms with Gasteiger partial charge < -0.3 is 10.2 Å². The van der Waals surface area contributed by atoms with E-state index in [9.17, 15) is 36.6 Å². The Morgan fingerprint density at radius 1 is 0.893 bits per heavy atom. The summed E-state index contributed by atoms with van der Waals surface area (Å²) in [4.78, 5) is 14.9. The number of halogens is 3. The molecule has 10 rings (SSSR count). The van der Waals surface area contributed by atoms with Gasteiger partial charge in [-0.3, -0.25) is 4.79 Å². The number of carbonyl (C=O) groups is 1. The molecule has 11 heteroatoms. The maximum atomic E-state index is 14.9. The van der Waals surface area contributed by atoms with Crippen LogP contribution in [-0.2, 0) is 22.7 Å².